The Morgan fingerprint density at radius 3 is 2.50 bits per heavy atom. The van der Waals surface area contributed by atoms with E-state index in [-0.39, 0.29) is 0 Å². The van der Waals surface area contributed by atoms with Crippen LogP contribution in [0.15, 0.2) is 46.9 Å². The summed E-state index contributed by atoms with van der Waals surface area (Å²) in [5.41, 5.74) is 7.47. The van der Waals surface area contributed by atoms with Gasteiger partial charge in [0.15, 0.2) is 0 Å². The standard InChI is InChI=1S/C15H14BrNO2S/c1-18-12-5-2-10(3-6-12)9-19-14-7-4-11(16)8-13(14)15(17)20/h2-8H,9H2,1H3,(H2,17,20). The highest BCUT2D eigenvalue weighted by atomic mass is 79.9. The molecular formula is C15H14BrNO2S. The molecule has 0 amide bonds. The number of nitrogens with two attached hydrogens (primary N) is 1. The summed E-state index contributed by atoms with van der Waals surface area (Å²) in [6.07, 6.45) is 0. The van der Waals surface area contributed by atoms with Gasteiger partial charge in [0.2, 0.25) is 0 Å². The maximum absolute atomic E-state index is 5.78. The number of rotatable bonds is 5. The fraction of sp³-hybridized carbons (Fsp3) is 0.133. The largest absolute Gasteiger partial charge is 0.497 e. The third-order valence-corrected chi connectivity index (χ3v) is 3.47. The van der Waals surface area contributed by atoms with Crippen LogP contribution in [0.25, 0.3) is 0 Å². The zero-order chi connectivity index (χ0) is 14.5. The van der Waals surface area contributed by atoms with Crippen LogP contribution in [0.5, 0.6) is 11.5 Å². The topological polar surface area (TPSA) is 44.5 Å². The lowest BCUT2D eigenvalue weighted by Gasteiger charge is -2.11. The molecule has 0 aliphatic heterocycles. The molecular weight excluding hydrogens is 338 g/mol. The quantitative estimate of drug-likeness (QED) is 0.834. The Balaban J connectivity index is 2.12. The summed E-state index contributed by atoms with van der Waals surface area (Å²) in [6.45, 7) is 0.446. The van der Waals surface area contributed by atoms with Crippen molar-refractivity contribution in [2.24, 2.45) is 5.73 Å². The summed E-state index contributed by atoms with van der Waals surface area (Å²) in [6, 6.07) is 13.3. The van der Waals surface area contributed by atoms with Crippen molar-refractivity contribution in [1.82, 2.24) is 0 Å². The second kappa shape index (κ2) is 6.72. The van der Waals surface area contributed by atoms with Crippen molar-refractivity contribution in [2.45, 2.75) is 6.61 Å². The maximum atomic E-state index is 5.78. The monoisotopic (exact) mass is 351 g/mol. The van der Waals surface area contributed by atoms with Crippen molar-refractivity contribution in [3.63, 3.8) is 0 Å². The molecule has 2 aromatic carbocycles. The highest BCUT2D eigenvalue weighted by molar-refractivity contribution is 9.10. The number of benzene rings is 2. The lowest BCUT2D eigenvalue weighted by Crippen LogP contribution is -2.11. The van der Waals surface area contributed by atoms with Crippen LogP contribution in [-0.2, 0) is 6.61 Å². The van der Waals surface area contributed by atoms with E-state index in [1.165, 1.54) is 0 Å². The molecule has 0 unspecified atom stereocenters. The van der Waals surface area contributed by atoms with Gasteiger partial charge in [-0.15, -0.1) is 0 Å². The van der Waals surface area contributed by atoms with E-state index in [2.05, 4.69) is 15.9 Å². The van der Waals surface area contributed by atoms with Gasteiger partial charge in [-0.05, 0) is 35.9 Å². The molecule has 0 aliphatic carbocycles. The first-order valence-corrected chi connectivity index (χ1v) is 7.15. The van der Waals surface area contributed by atoms with Crippen LogP contribution >= 0.6 is 28.1 Å². The van der Waals surface area contributed by atoms with Gasteiger partial charge in [0.05, 0.1) is 12.7 Å². The molecule has 2 aromatic rings. The Kier molecular flexibility index (Phi) is 4.98. The van der Waals surface area contributed by atoms with Crippen molar-refractivity contribution in [2.75, 3.05) is 7.11 Å². The third kappa shape index (κ3) is 3.71. The van der Waals surface area contributed by atoms with Gasteiger partial charge in [0, 0.05) is 4.47 Å². The summed E-state index contributed by atoms with van der Waals surface area (Å²) in [5, 5.41) is 0. The van der Waals surface area contributed by atoms with Gasteiger partial charge in [0.1, 0.15) is 23.1 Å². The average Bonchev–Trinajstić information content (AvgIpc) is 2.46. The van der Waals surface area contributed by atoms with E-state index in [0.717, 1.165) is 21.3 Å². The normalized spacial score (nSPS) is 10.1. The molecule has 2 rings (SSSR count). The highest BCUT2D eigenvalue weighted by Gasteiger charge is 2.07. The van der Waals surface area contributed by atoms with Crippen molar-refractivity contribution in [3.05, 3.63) is 58.1 Å². The molecule has 2 N–H and O–H groups in total. The molecule has 0 atom stereocenters. The van der Waals surface area contributed by atoms with Crippen LogP contribution in [0.1, 0.15) is 11.1 Å². The predicted molar refractivity (Wildman–Crippen MR) is 87.4 cm³/mol. The van der Waals surface area contributed by atoms with Crippen molar-refractivity contribution in [3.8, 4) is 11.5 Å². The van der Waals surface area contributed by atoms with Gasteiger partial charge in [-0.25, -0.2) is 0 Å². The second-order valence-corrected chi connectivity index (χ2v) is 5.50. The fourth-order valence-electron chi connectivity index (χ4n) is 1.70. The fourth-order valence-corrected chi connectivity index (χ4v) is 2.22. The molecule has 104 valence electrons. The molecule has 20 heavy (non-hydrogen) atoms. The Morgan fingerprint density at radius 2 is 1.90 bits per heavy atom. The van der Waals surface area contributed by atoms with Crippen molar-refractivity contribution in [1.29, 1.82) is 0 Å². The van der Waals surface area contributed by atoms with Gasteiger partial charge >= 0.3 is 0 Å². The number of hydrogen-bond donors (Lipinski definition) is 1. The molecule has 0 radical (unpaired) electrons. The molecule has 0 bridgehead atoms. The molecule has 5 heteroatoms. The van der Waals surface area contributed by atoms with Gasteiger partial charge in [-0.1, -0.05) is 40.3 Å². The first-order valence-electron chi connectivity index (χ1n) is 5.95. The number of halogens is 1. The zero-order valence-electron chi connectivity index (χ0n) is 10.9. The minimum atomic E-state index is 0.316. The Morgan fingerprint density at radius 1 is 1.20 bits per heavy atom. The van der Waals surface area contributed by atoms with E-state index >= 15 is 0 Å². The van der Waals surface area contributed by atoms with Crippen LogP contribution in [0, 0.1) is 0 Å². The van der Waals surface area contributed by atoms with Gasteiger partial charge in [-0.2, -0.15) is 0 Å². The van der Waals surface area contributed by atoms with E-state index in [9.17, 15) is 0 Å². The Hall–Kier alpha value is -1.59. The average molecular weight is 352 g/mol. The molecule has 0 aromatic heterocycles. The maximum Gasteiger partial charge on any atom is 0.130 e. The molecule has 0 heterocycles. The Bertz CT molecular complexity index is 614. The molecule has 0 fully saturated rings. The molecule has 0 spiro atoms. The van der Waals surface area contributed by atoms with Gasteiger partial charge < -0.3 is 15.2 Å². The zero-order valence-corrected chi connectivity index (χ0v) is 13.3. The predicted octanol–water partition coefficient (Wildman–Crippen LogP) is 3.67. The van der Waals surface area contributed by atoms with Gasteiger partial charge in [-0.3, -0.25) is 0 Å². The molecule has 0 saturated heterocycles. The lowest BCUT2D eigenvalue weighted by atomic mass is 10.2. The van der Waals surface area contributed by atoms with E-state index in [1.807, 2.05) is 42.5 Å². The number of hydrogen-bond acceptors (Lipinski definition) is 3. The summed E-state index contributed by atoms with van der Waals surface area (Å²) in [4.78, 5) is 0.316. The van der Waals surface area contributed by atoms with Crippen LogP contribution in [0.2, 0.25) is 0 Å². The van der Waals surface area contributed by atoms with Gasteiger partial charge in [0.25, 0.3) is 0 Å². The van der Waals surface area contributed by atoms with Crippen LogP contribution < -0.4 is 15.2 Å². The van der Waals surface area contributed by atoms with E-state index in [1.54, 1.807) is 7.11 Å². The molecule has 0 saturated carbocycles. The SMILES string of the molecule is COc1ccc(COc2ccc(Br)cc2C(N)=S)cc1. The van der Waals surface area contributed by atoms with Crippen molar-refractivity contribution < 1.29 is 9.47 Å². The lowest BCUT2D eigenvalue weighted by molar-refractivity contribution is 0.305. The van der Waals surface area contributed by atoms with E-state index in [4.69, 9.17) is 27.4 Å². The minimum absolute atomic E-state index is 0.316. The summed E-state index contributed by atoms with van der Waals surface area (Å²) >= 11 is 8.43. The third-order valence-electron chi connectivity index (χ3n) is 2.76. The number of thiocarbonyl (C=S) groups is 1. The summed E-state index contributed by atoms with van der Waals surface area (Å²) in [5.74, 6) is 1.50. The number of methoxy groups -OCH3 is 1. The highest BCUT2D eigenvalue weighted by Crippen LogP contribution is 2.24. The smallest absolute Gasteiger partial charge is 0.130 e. The summed E-state index contributed by atoms with van der Waals surface area (Å²) in [7, 11) is 1.64. The first kappa shape index (κ1) is 14.8. The van der Waals surface area contributed by atoms with E-state index in [0.29, 0.717) is 17.3 Å². The Labute approximate surface area is 131 Å². The van der Waals surface area contributed by atoms with Crippen LogP contribution in [0.4, 0.5) is 0 Å². The molecule has 3 nitrogen and oxygen atoms in total. The molecule has 0 aliphatic rings. The number of ether oxygens (including phenoxy) is 2. The van der Waals surface area contributed by atoms with Crippen LogP contribution in [-0.4, -0.2) is 12.1 Å². The minimum Gasteiger partial charge on any atom is -0.497 e. The van der Waals surface area contributed by atoms with Crippen molar-refractivity contribution >= 4 is 33.1 Å². The summed E-state index contributed by atoms with van der Waals surface area (Å²) < 4.78 is 11.8. The second-order valence-electron chi connectivity index (χ2n) is 4.14. The van der Waals surface area contributed by atoms with Crippen LogP contribution in [0.3, 0.4) is 0 Å². The first-order chi connectivity index (χ1) is 9.60. The van der Waals surface area contributed by atoms with E-state index < -0.39 is 0 Å².